The Labute approximate surface area is 130 Å². The fraction of sp³-hybridized carbons (Fsp3) is 0.294. The Morgan fingerprint density at radius 2 is 1.76 bits per heavy atom. The average molecular weight is 306 g/mol. The molecule has 0 amide bonds. The molecule has 0 heterocycles. The molecule has 112 valence electrons. The van der Waals surface area contributed by atoms with Crippen LogP contribution in [0.25, 0.3) is 0 Å². The molecule has 21 heavy (non-hydrogen) atoms. The van der Waals surface area contributed by atoms with Gasteiger partial charge in [0.1, 0.15) is 6.61 Å². The number of ether oxygens (including phenoxy) is 2. The fourth-order valence-electron chi connectivity index (χ4n) is 1.90. The molecule has 0 spiro atoms. The van der Waals surface area contributed by atoms with E-state index in [1.165, 1.54) is 0 Å². The van der Waals surface area contributed by atoms with Crippen LogP contribution in [0.1, 0.15) is 12.5 Å². The molecule has 0 atom stereocenters. The van der Waals surface area contributed by atoms with E-state index in [-0.39, 0.29) is 0 Å². The van der Waals surface area contributed by atoms with E-state index in [1.54, 1.807) is 0 Å². The molecule has 2 aromatic rings. The quantitative estimate of drug-likeness (QED) is 0.762. The fourth-order valence-corrected chi connectivity index (χ4v) is 2.08. The number of anilines is 1. The minimum absolute atomic E-state index is 0.551. The summed E-state index contributed by atoms with van der Waals surface area (Å²) in [5.74, 6) is 1.54. The van der Waals surface area contributed by atoms with Crippen molar-refractivity contribution in [2.75, 3.05) is 25.1 Å². The first kappa shape index (κ1) is 15.5. The summed E-state index contributed by atoms with van der Waals surface area (Å²) < 4.78 is 11.3. The van der Waals surface area contributed by atoms with E-state index in [9.17, 15) is 0 Å². The maximum absolute atomic E-state index is 6.09. The third-order valence-corrected chi connectivity index (χ3v) is 3.42. The third-order valence-electron chi connectivity index (χ3n) is 3.01. The lowest BCUT2D eigenvalue weighted by Crippen LogP contribution is -2.12. The van der Waals surface area contributed by atoms with Gasteiger partial charge in [-0.15, -0.1) is 0 Å². The van der Waals surface area contributed by atoms with Gasteiger partial charge >= 0.3 is 0 Å². The van der Waals surface area contributed by atoms with E-state index in [1.807, 2.05) is 56.3 Å². The van der Waals surface area contributed by atoms with Gasteiger partial charge in [0.25, 0.3) is 0 Å². The molecular formula is C17H20ClNO2. The molecule has 0 aliphatic carbocycles. The summed E-state index contributed by atoms with van der Waals surface area (Å²) in [7, 11) is 0. The molecule has 2 aromatic carbocycles. The normalized spacial score (nSPS) is 10.2. The van der Waals surface area contributed by atoms with Gasteiger partial charge in [0, 0.05) is 17.3 Å². The highest BCUT2D eigenvalue weighted by molar-refractivity contribution is 6.31. The van der Waals surface area contributed by atoms with Crippen LogP contribution < -0.4 is 14.8 Å². The molecule has 2 rings (SSSR count). The Morgan fingerprint density at radius 1 is 1.05 bits per heavy atom. The highest BCUT2D eigenvalue weighted by atomic mass is 35.5. The van der Waals surface area contributed by atoms with E-state index >= 15 is 0 Å². The minimum Gasteiger partial charge on any atom is -0.490 e. The molecular weight excluding hydrogens is 286 g/mol. The van der Waals surface area contributed by atoms with E-state index < -0.39 is 0 Å². The number of nitrogens with one attached hydrogen (secondary N) is 1. The van der Waals surface area contributed by atoms with Gasteiger partial charge in [-0.2, -0.15) is 0 Å². The highest BCUT2D eigenvalue weighted by Crippen LogP contribution is 2.26. The van der Waals surface area contributed by atoms with E-state index in [4.69, 9.17) is 21.1 Å². The van der Waals surface area contributed by atoms with Crippen LogP contribution in [0.2, 0.25) is 5.02 Å². The summed E-state index contributed by atoms with van der Waals surface area (Å²) >= 11 is 6.09. The topological polar surface area (TPSA) is 30.5 Å². The summed E-state index contributed by atoms with van der Waals surface area (Å²) in [4.78, 5) is 0. The maximum atomic E-state index is 6.09. The van der Waals surface area contributed by atoms with Crippen molar-refractivity contribution in [3.63, 3.8) is 0 Å². The van der Waals surface area contributed by atoms with Crippen molar-refractivity contribution in [3.05, 3.63) is 53.1 Å². The third kappa shape index (κ3) is 4.57. The molecule has 0 radical (unpaired) electrons. The van der Waals surface area contributed by atoms with Gasteiger partial charge in [-0.05, 0) is 43.7 Å². The second-order valence-corrected chi connectivity index (χ2v) is 5.03. The zero-order valence-electron chi connectivity index (χ0n) is 12.4. The van der Waals surface area contributed by atoms with Crippen LogP contribution in [0, 0.1) is 6.92 Å². The standard InChI is InChI=1S/C17H20ClNO2/c1-3-20-16-6-4-5-7-17(16)21-11-10-19-14-9-8-13(2)15(18)12-14/h4-9,12,19H,3,10-11H2,1-2H3. The summed E-state index contributed by atoms with van der Waals surface area (Å²) in [5.41, 5.74) is 2.07. The predicted molar refractivity (Wildman–Crippen MR) is 87.8 cm³/mol. The monoisotopic (exact) mass is 305 g/mol. The number of halogens is 1. The largest absolute Gasteiger partial charge is 0.490 e. The number of para-hydroxylation sites is 2. The van der Waals surface area contributed by atoms with Crippen LogP contribution in [0.5, 0.6) is 11.5 Å². The van der Waals surface area contributed by atoms with Gasteiger partial charge in [0.2, 0.25) is 0 Å². The number of hydrogen-bond donors (Lipinski definition) is 1. The molecule has 1 N–H and O–H groups in total. The number of benzene rings is 2. The Balaban J connectivity index is 1.83. The Morgan fingerprint density at radius 3 is 2.43 bits per heavy atom. The van der Waals surface area contributed by atoms with Crippen LogP contribution in [0.3, 0.4) is 0 Å². The van der Waals surface area contributed by atoms with Gasteiger partial charge in [-0.25, -0.2) is 0 Å². The zero-order chi connectivity index (χ0) is 15.1. The van der Waals surface area contributed by atoms with Gasteiger partial charge < -0.3 is 14.8 Å². The first-order chi connectivity index (χ1) is 10.2. The summed E-state index contributed by atoms with van der Waals surface area (Å²) in [6, 6.07) is 13.6. The maximum Gasteiger partial charge on any atom is 0.161 e. The van der Waals surface area contributed by atoms with Gasteiger partial charge in [-0.1, -0.05) is 29.8 Å². The molecule has 0 aliphatic rings. The SMILES string of the molecule is CCOc1ccccc1OCCNc1ccc(C)c(Cl)c1. The van der Waals surface area contributed by atoms with Crippen LogP contribution in [-0.4, -0.2) is 19.8 Å². The summed E-state index contributed by atoms with van der Waals surface area (Å²) in [5, 5.41) is 4.05. The number of aryl methyl sites for hydroxylation is 1. The Bertz CT molecular complexity index is 587. The minimum atomic E-state index is 0.551. The predicted octanol–water partition coefficient (Wildman–Crippen LogP) is 4.54. The van der Waals surface area contributed by atoms with Crippen molar-refractivity contribution in [1.82, 2.24) is 0 Å². The lowest BCUT2D eigenvalue weighted by molar-refractivity contribution is 0.284. The molecule has 3 nitrogen and oxygen atoms in total. The molecule has 0 bridgehead atoms. The molecule has 0 aliphatic heterocycles. The first-order valence-electron chi connectivity index (χ1n) is 7.05. The van der Waals surface area contributed by atoms with Crippen molar-refractivity contribution in [1.29, 1.82) is 0 Å². The summed E-state index contributed by atoms with van der Waals surface area (Å²) in [6.07, 6.45) is 0. The van der Waals surface area contributed by atoms with Crippen LogP contribution in [0.15, 0.2) is 42.5 Å². The van der Waals surface area contributed by atoms with Crippen molar-refractivity contribution < 1.29 is 9.47 Å². The highest BCUT2D eigenvalue weighted by Gasteiger charge is 2.03. The van der Waals surface area contributed by atoms with Crippen molar-refractivity contribution in [3.8, 4) is 11.5 Å². The smallest absolute Gasteiger partial charge is 0.161 e. The molecule has 0 aromatic heterocycles. The molecule has 4 heteroatoms. The molecule has 0 saturated carbocycles. The van der Waals surface area contributed by atoms with Gasteiger partial charge in [0.15, 0.2) is 11.5 Å². The molecule has 0 unspecified atom stereocenters. The van der Waals surface area contributed by atoms with Crippen LogP contribution in [-0.2, 0) is 0 Å². The number of rotatable bonds is 7. The first-order valence-corrected chi connectivity index (χ1v) is 7.43. The lowest BCUT2D eigenvalue weighted by atomic mass is 10.2. The summed E-state index contributed by atoms with van der Waals surface area (Å²) in [6.45, 7) is 5.81. The van der Waals surface area contributed by atoms with E-state index in [0.717, 1.165) is 27.8 Å². The second-order valence-electron chi connectivity index (χ2n) is 4.62. The van der Waals surface area contributed by atoms with Crippen molar-refractivity contribution in [2.24, 2.45) is 0 Å². The molecule has 0 saturated heterocycles. The van der Waals surface area contributed by atoms with E-state index in [0.29, 0.717) is 19.8 Å². The van der Waals surface area contributed by atoms with Gasteiger partial charge in [-0.3, -0.25) is 0 Å². The van der Waals surface area contributed by atoms with Crippen LogP contribution in [0.4, 0.5) is 5.69 Å². The Kier molecular flexibility index (Phi) is 5.76. The second kappa shape index (κ2) is 7.79. The number of hydrogen-bond acceptors (Lipinski definition) is 3. The Hall–Kier alpha value is -1.87. The zero-order valence-corrected chi connectivity index (χ0v) is 13.1. The molecule has 0 fully saturated rings. The van der Waals surface area contributed by atoms with Gasteiger partial charge in [0.05, 0.1) is 6.61 Å². The van der Waals surface area contributed by atoms with Crippen LogP contribution >= 0.6 is 11.6 Å². The van der Waals surface area contributed by atoms with Crippen molar-refractivity contribution in [2.45, 2.75) is 13.8 Å². The lowest BCUT2D eigenvalue weighted by Gasteiger charge is -2.12. The van der Waals surface area contributed by atoms with Crippen molar-refractivity contribution >= 4 is 17.3 Å². The van der Waals surface area contributed by atoms with E-state index in [2.05, 4.69) is 5.32 Å². The average Bonchev–Trinajstić information content (AvgIpc) is 2.49.